The molecule has 0 radical (unpaired) electrons. The molecule has 5 nitrogen and oxygen atoms in total. The van der Waals surface area contributed by atoms with E-state index in [1.54, 1.807) is 6.92 Å². The van der Waals surface area contributed by atoms with Gasteiger partial charge in [0.25, 0.3) is 0 Å². The first kappa shape index (κ1) is 15.9. The number of hydrogen-bond donors (Lipinski definition) is 1. The molecule has 108 valence electrons. The van der Waals surface area contributed by atoms with Crippen molar-refractivity contribution >= 4 is 10.0 Å². The highest BCUT2D eigenvalue weighted by Crippen LogP contribution is 2.15. The van der Waals surface area contributed by atoms with Gasteiger partial charge in [-0.15, -0.1) is 0 Å². The highest BCUT2D eigenvalue weighted by molar-refractivity contribution is 7.89. The first-order valence-electron chi connectivity index (χ1n) is 6.69. The van der Waals surface area contributed by atoms with Crippen molar-refractivity contribution in [3.05, 3.63) is 0 Å². The number of ether oxygens (including phenoxy) is 1. The van der Waals surface area contributed by atoms with Gasteiger partial charge in [0.1, 0.15) is 0 Å². The predicted molar refractivity (Wildman–Crippen MR) is 73.1 cm³/mol. The Bertz CT molecular complexity index is 332. The second-order valence-electron chi connectivity index (χ2n) is 5.08. The molecule has 0 aromatic carbocycles. The maximum absolute atomic E-state index is 11.8. The van der Waals surface area contributed by atoms with Crippen LogP contribution in [0.15, 0.2) is 0 Å². The van der Waals surface area contributed by atoms with Crippen LogP contribution >= 0.6 is 0 Å². The lowest BCUT2D eigenvalue weighted by Gasteiger charge is -2.31. The normalized spacial score (nSPS) is 24.1. The summed E-state index contributed by atoms with van der Waals surface area (Å²) in [5, 5.41) is 0. The van der Waals surface area contributed by atoms with Gasteiger partial charge in [0.2, 0.25) is 10.0 Å². The van der Waals surface area contributed by atoms with Crippen molar-refractivity contribution in [3.8, 4) is 0 Å². The summed E-state index contributed by atoms with van der Waals surface area (Å²) in [7, 11) is -1.68. The number of hydrogen-bond acceptors (Lipinski definition) is 4. The number of methoxy groups -OCH3 is 1. The second-order valence-corrected chi connectivity index (χ2v) is 6.93. The van der Waals surface area contributed by atoms with Gasteiger partial charge in [-0.25, -0.2) is 13.1 Å². The standard InChI is InChI=1S/C12H26N2O3S/c1-4-14-7-5-6-12(9-14)8-13-18(15,16)10-11(2)17-3/h11-13H,4-10H2,1-3H3/t11-,12+/m1/s1. The molecule has 1 heterocycles. The number of likely N-dealkylation sites (tertiary alicyclic amines) is 1. The first-order chi connectivity index (χ1) is 8.46. The molecule has 1 fully saturated rings. The summed E-state index contributed by atoms with van der Waals surface area (Å²) in [4.78, 5) is 2.38. The van der Waals surface area contributed by atoms with Crippen LogP contribution in [-0.4, -0.2) is 58.5 Å². The molecule has 0 unspecified atom stereocenters. The van der Waals surface area contributed by atoms with Crippen LogP contribution in [-0.2, 0) is 14.8 Å². The molecule has 0 aromatic rings. The maximum atomic E-state index is 11.8. The zero-order chi connectivity index (χ0) is 13.6. The van der Waals surface area contributed by atoms with Crippen LogP contribution < -0.4 is 4.72 Å². The minimum Gasteiger partial charge on any atom is -0.381 e. The quantitative estimate of drug-likeness (QED) is 0.744. The minimum absolute atomic E-state index is 0.0354. The van der Waals surface area contributed by atoms with Crippen molar-refractivity contribution < 1.29 is 13.2 Å². The number of sulfonamides is 1. The molecule has 1 aliphatic rings. The lowest BCUT2D eigenvalue weighted by Crippen LogP contribution is -2.42. The molecular weight excluding hydrogens is 252 g/mol. The smallest absolute Gasteiger partial charge is 0.214 e. The summed E-state index contributed by atoms with van der Waals surface area (Å²) in [5.74, 6) is 0.472. The van der Waals surface area contributed by atoms with Crippen LogP contribution in [0, 0.1) is 5.92 Å². The Morgan fingerprint density at radius 2 is 2.22 bits per heavy atom. The molecule has 0 saturated carbocycles. The Morgan fingerprint density at radius 1 is 1.50 bits per heavy atom. The van der Waals surface area contributed by atoms with E-state index in [4.69, 9.17) is 4.74 Å². The molecule has 2 atom stereocenters. The van der Waals surface area contributed by atoms with E-state index in [9.17, 15) is 8.42 Å². The Labute approximate surface area is 111 Å². The van der Waals surface area contributed by atoms with Gasteiger partial charge in [-0.05, 0) is 38.8 Å². The predicted octanol–water partition coefficient (Wildman–Crippen LogP) is 0.673. The van der Waals surface area contributed by atoms with Crippen molar-refractivity contribution in [2.75, 3.05) is 39.0 Å². The fourth-order valence-corrected chi connectivity index (χ4v) is 3.65. The highest BCUT2D eigenvalue weighted by Gasteiger charge is 2.21. The van der Waals surface area contributed by atoms with E-state index >= 15 is 0 Å². The van der Waals surface area contributed by atoms with Gasteiger partial charge in [-0.1, -0.05) is 6.92 Å². The topological polar surface area (TPSA) is 58.6 Å². The van der Waals surface area contributed by atoms with Gasteiger partial charge in [-0.3, -0.25) is 0 Å². The molecule has 1 rings (SSSR count). The average molecular weight is 278 g/mol. The lowest BCUT2D eigenvalue weighted by molar-refractivity contribution is 0.136. The third-order valence-corrected chi connectivity index (χ3v) is 5.01. The summed E-state index contributed by atoms with van der Waals surface area (Å²) >= 11 is 0. The van der Waals surface area contributed by atoms with Crippen molar-refractivity contribution in [2.24, 2.45) is 5.92 Å². The Balaban J connectivity index is 2.35. The summed E-state index contributed by atoms with van der Waals surface area (Å²) in [5.41, 5.74) is 0. The summed E-state index contributed by atoms with van der Waals surface area (Å²) in [6.45, 7) is 7.64. The summed E-state index contributed by atoms with van der Waals surface area (Å²) in [6.07, 6.45) is 2.01. The lowest BCUT2D eigenvalue weighted by atomic mass is 9.98. The van der Waals surface area contributed by atoms with Gasteiger partial charge < -0.3 is 9.64 Å². The molecule has 0 spiro atoms. The third kappa shape index (κ3) is 5.65. The molecular formula is C12H26N2O3S. The van der Waals surface area contributed by atoms with Crippen LogP contribution in [0.1, 0.15) is 26.7 Å². The van der Waals surface area contributed by atoms with E-state index in [1.165, 1.54) is 7.11 Å². The molecule has 18 heavy (non-hydrogen) atoms. The Hall–Kier alpha value is -0.170. The molecule has 6 heteroatoms. The molecule has 0 amide bonds. The number of nitrogens with zero attached hydrogens (tertiary/aromatic N) is 1. The Kier molecular flexibility index (Phi) is 6.55. The van der Waals surface area contributed by atoms with Crippen LogP contribution in [0.4, 0.5) is 0 Å². The zero-order valence-electron chi connectivity index (χ0n) is 11.7. The Morgan fingerprint density at radius 3 is 2.83 bits per heavy atom. The zero-order valence-corrected chi connectivity index (χ0v) is 12.5. The molecule has 1 N–H and O–H groups in total. The van der Waals surface area contributed by atoms with E-state index in [2.05, 4.69) is 16.5 Å². The van der Waals surface area contributed by atoms with Gasteiger partial charge >= 0.3 is 0 Å². The molecule has 0 aliphatic carbocycles. The molecule has 0 bridgehead atoms. The monoisotopic (exact) mass is 278 g/mol. The van der Waals surface area contributed by atoms with E-state index in [-0.39, 0.29) is 11.9 Å². The van der Waals surface area contributed by atoms with Crippen LogP contribution in [0.25, 0.3) is 0 Å². The van der Waals surface area contributed by atoms with Gasteiger partial charge in [-0.2, -0.15) is 0 Å². The number of rotatable bonds is 7. The van der Waals surface area contributed by atoms with E-state index < -0.39 is 10.0 Å². The third-order valence-electron chi connectivity index (χ3n) is 3.50. The largest absolute Gasteiger partial charge is 0.381 e. The van der Waals surface area contributed by atoms with E-state index in [0.29, 0.717) is 12.5 Å². The fraction of sp³-hybridized carbons (Fsp3) is 1.00. The van der Waals surface area contributed by atoms with E-state index in [1.807, 2.05) is 0 Å². The highest BCUT2D eigenvalue weighted by atomic mass is 32.2. The average Bonchev–Trinajstić information content (AvgIpc) is 2.36. The minimum atomic E-state index is -3.21. The SMILES string of the molecule is CCN1CCC[C@@H](CNS(=O)(=O)C[C@@H](C)OC)C1. The molecule has 0 aromatic heterocycles. The van der Waals surface area contributed by atoms with Crippen molar-refractivity contribution in [3.63, 3.8) is 0 Å². The summed E-state index contributed by atoms with van der Waals surface area (Å²) < 4.78 is 31.3. The summed E-state index contributed by atoms with van der Waals surface area (Å²) in [6, 6.07) is 0. The molecule has 1 aliphatic heterocycles. The van der Waals surface area contributed by atoms with Crippen LogP contribution in [0.5, 0.6) is 0 Å². The molecule has 1 saturated heterocycles. The van der Waals surface area contributed by atoms with Gasteiger partial charge in [0, 0.05) is 20.2 Å². The van der Waals surface area contributed by atoms with Crippen molar-refractivity contribution in [1.82, 2.24) is 9.62 Å². The number of piperidine rings is 1. The van der Waals surface area contributed by atoms with Crippen molar-refractivity contribution in [1.29, 1.82) is 0 Å². The second kappa shape index (κ2) is 7.43. The maximum Gasteiger partial charge on any atom is 0.214 e. The van der Waals surface area contributed by atoms with Crippen LogP contribution in [0.2, 0.25) is 0 Å². The van der Waals surface area contributed by atoms with Crippen molar-refractivity contribution in [2.45, 2.75) is 32.8 Å². The van der Waals surface area contributed by atoms with E-state index in [0.717, 1.165) is 32.5 Å². The van der Waals surface area contributed by atoms with Gasteiger partial charge in [0.15, 0.2) is 0 Å². The number of nitrogens with one attached hydrogen (secondary N) is 1. The van der Waals surface area contributed by atoms with Gasteiger partial charge in [0.05, 0.1) is 11.9 Å². The first-order valence-corrected chi connectivity index (χ1v) is 8.34. The van der Waals surface area contributed by atoms with Crippen LogP contribution in [0.3, 0.4) is 0 Å². The fourth-order valence-electron chi connectivity index (χ4n) is 2.29.